The summed E-state index contributed by atoms with van der Waals surface area (Å²) in [5.74, 6) is -0.0480. The zero-order valence-electron chi connectivity index (χ0n) is 16.2. The Bertz CT molecular complexity index is 1080. The molecule has 29 heavy (non-hydrogen) atoms. The van der Waals surface area contributed by atoms with Crippen molar-refractivity contribution in [1.82, 2.24) is 0 Å². The van der Waals surface area contributed by atoms with Crippen molar-refractivity contribution >= 4 is 11.4 Å². The smallest absolute Gasteiger partial charge is 0.270 e. The molecule has 2 N–H and O–H groups in total. The van der Waals surface area contributed by atoms with E-state index in [2.05, 4.69) is 0 Å². The van der Waals surface area contributed by atoms with Gasteiger partial charge in [-0.1, -0.05) is 62.4 Å². The van der Waals surface area contributed by atoms with Gasteiger partial charge in [-0.3, -0.25) is 10.1 Å². The number of non-ortho nitro benzene ring substituents is 1. The van der Waals surface area contributed by atoms with Gasteiger partial charge in [-0.25, -0.2) is 0 Å². The van der Waals surface area contributed by atoms with Crippen LogP contribution < -0.4 is 4.90 Å². The van der Waals surface area contributed by atoms with Crippen molar-refractivity contribution in [2.75, 3.05) is 4.90 Å². The van der Waals surface area contributed by atoms with Gasteiger partial charge in [-0.05, 0) is 17.7 Å². The third-order valence-corrected chi connectivity index (χ3v) is 5.91. The summed E-state index contributed by atoms with van der Waals surface area (Å²) in [7, 11) is 0. The fraction of sp³-hybridized carbons (Fsp3) is 0.217. The monoisotopic (exact) mass is 390 g/mol. The lowest BCUT2D eigenvalue weighted by Crippen LogP contribution is -2.52. The van der Waals surface area contributed by atoms with Gasteiger partial charge in [0.15, 0.2) is 5.72 Å². The van der Waals surface area contributed by atoms with E-state index in [9.17, 15) is 20.3 Å². The van der Waals surface area contributed by atoms with Crippen molar-refractivity contribution in [3.63, 3.8) is 0 Å². The van der Waals surface area contributed by atoms with Gasteiger partial charge in [-0.2, -0.15) is 0 Å². The summed E-state index contributed by atoms with van der Waals surface area (Å²) in [6.07, 6.45) is 0. The molecule has 0 radical (unpaired) electrons. The van der Waals surface area contributed by atoms with Crippen molar-refractivity contribution in [2.45, 2.75) is 31.5 Å². The van der Waals surface area contributed by atoms with E-state index in [1.807, 2.05) is 73.3 Å². The predicted octanol–water partition coefficient (Wildman–Crippen LogP) is 4.44. The number of hydrogen-bond donors (Lipinski definition) is 2. The minimum Gasteiger partial charge on any atom is -0.508 e. The van der Waals surface area contributed by atoms with Crippen LogP contribution in [0.1, 0.15) is 30.5 Å². The maximum Gasteiger partial charge on any atom is 0.270 e. The Kier molecular flexibility index (Phi) is 4.31. The first kappa shape index (κ1) is 19.0. The highest BCUT2D eigenvalue weighted by Crippen LogP contribution is 2.56. The molecule has 6 nitrogen and oxygen atoms in total. The highest BCUT2D eigenvalue weighted by molar-refractivity contribution is 5.67. The van der Waals surface area contributed by atoms with E-state index >= 15 is 0 Å². The third-order valence-electron chi connectivity index (χ3n) is 5.91. The van der Waals surface area contributed by atoms with Crippen LogP contribution >= 0.6 is 0 Å². The first-order valence-electron chi connectivity index (χ1n) is 9.38. The van der Waals surface area contributed by atoms with Crippen LogP contribution in [-0.4, -0.2) is 15.1 Å². The summed E-state index contributed by atoms with van der Waals surface area (Å²) in [6, 6.07) is 21.0. The van der Waals surface area contributed by atoms with Crippen LogP contribution in [0, 0.1) is 10.1 Å². The number of phenolic OH excluding ortho intramolecular Hbond substituents is 1. The topological polar surface area (TPSA) is 86.8 Å². The fourth-order valence-corrected chi connectivity index (χ4v) is 4.31. The Labute approximate surface area is 168 Å². The number of rotatable bonds is 4. The van der Waals surface area contributed by atoms with Gasteiger partial charge in [0.05, 0.1) is 4.92 Å². The number of benzene rings is 3. The number of para-hydroxylation sites is 1. The molecule has 0 aliphatic carbocycles. The molecule has 0 fully saturated rings. The molecule has 1 atom stereocenters. The Morgan fingerprint density at radius 3 is 2.34 bits per heavy atom. The zero-order valence-corrected chi connectivity index (χ0v) is 16.2. The lowest BCUT2D eigenvalue weighted by atomic mass is 9.74. The average Bonchev–Trinajstić information content (AvgIpc) is 2.89. The molecule has 1 aliphatic rings. The number of phenols is 1. The molecule has 4 rings (SSSR count). The largest absolute Gasteiger partial charge is 0.508 e. The third kappa shape index (κ3) is 2.76. The molecular weight excluding hydrogens is 368 g/mol. The van der Waals surface area contributed by atoms with Crippen molar-refractivity contribution in [3.05, 3.63) is 99.6 Å². The molecule has 3 aromatic rings. The van der Waals surface area contributed by atoms with Crippen LogP contribution in [-0.2, 0) is 17.7 Å². The molecule has 0 spiro atoms. The molecule has 3 aromatic carbocycles. The first-order chi connectivity index (χ1) is 13.8. The highest BCUT2D eigenvalue weighted by atomic mass is 16.6. The van der Waals surface area contributed by atoms with E-state index in [1.54, 1.807) is 0 Å². The SMILES string of the molecule is CC1(C)c2ccccc2N(Cc2cc([N+](=O)[O-])ccc2O)[C@]1(O)c1ccccc1. The molecule has 0 saturated carbocycles. The van der Waals surface area contributed by atoms with E-state index in [1.165, 1.54) is 18.2 Å². The summed E-state index contributed by atoms with van der Waals surface area (Å²) in [5.41, 5.74) is 0.710. The van der Waals surface area contributed by atoms with E-state index in [0.717, 1.165) is 11.3 Å². The van der Waals surface area contributed by atoms with Crippen LogP contribution in [0.25, 0.3) is 0 Å². The maximum absolute atomic E-state index is 12.1. The Morgan fingerprint density at radius 2 is 1.66 bits per heavy atom. The van der Waals surface area contributed by atoms with E-state index in [4.69, 9.17) is 0 Å². The molecular formula is C23H22N2O4. The molecule has 0 amide bonds. The summed E-state index contributed by atoms with van der Waals surface area (Å²) < 4.78 is 0. The van der Waals surface area contributed by atoms with Gasteiger partial charge in [0.1, 0.15) is 5.75 Å². The number of nitro benzene ring substituents is 1. The van der Waals surface area contributed by atoms with E-state index in [-0.39, 0.29) is 18.0 Å². The predicted molar refractivity (Wildman–Crippen MR) is 111 cm³/mol. The minimum atomic E-state index is -1.41. The molecule has 0 aromatic heterocycles. The number of aromatic hydroxyl groups is 1. The molecule has 148 valence electrons. The summed E-state index contributed by atoms with van der Waals surface area (Å²) in [6.45, 7) is 4.07. The second kappa shape index (κ2) is 6.60. The molecule has 0 bridgehead atoms. The van der Waals surface area contributed by atoms with Gasteiger partial charge in [0.2, 0.25) is 0 Å². The van der Waals surface area contributed by atoms with Gasteiger partial charge in [0, 0.05) is 40.9 Å². The number of hydrogen-bond acceptors (Lipinski definition) is 5. The summed E-state index contributed by atoms with van der Waals surface area (Å²) in [4.78, 5) is 12.5. The molecule has 1 aliphatic heterocycles. The average molecular weight is 390 g/mol. The number of aliphatic hydroxyl groups is 1. The number of fused-ring (bicyclic) bond motifs is 1. The Morgan fingerprint density at radius 1 is 1.00 bits per heavy atom. The number of nitro groups is 1. The normalized spacial score (nSPS) is 19.8. The van der Waals surface area contributed by atoms with E-state index < -0.39 is 16.1 Å². The van der Waals surface area contributed by atoms with Crippen molar-refractivity contribution in [2.24, 2.45) is 0 Å². The second-order valence-corrected chi connectivity index (χ2v) is 7.84. The van der Waals surface area contributed by atoms with Crippen molar-refractivity contribution < 1.29 is 15.1 Å². The maximum atomic E-state index is 12.1. The Hall–Kier alpha value is -3.38. The fourth-order valence-electron chi connectivity index (χ4n) is 4.31. The van der Waals surface area contributed by atoms with E-state index in [0.29, 0.717) is 11.1 Å². The number of anilines is 1. The lowest BCUT2D eigenvalue weighted by Gasteiger charge is -2.44. The first-order valence-corrected chi connectivity index (χ1v) is 9.38. The van der Waals surface area contributed by atoms with Crippen molar-refractivity contribution in [3.8, 4) is 5.75 Å². The van der Waals surface area contributed by atoms with Crippen LogP contribution in [0.5, 0.6) is 5.75 Å². The lowest BCUT2D eigenvalue weighted by molar-refractivity contribution is -0.384. The molecule has 1 heterocycles. The van der Waals surface area contributed by atoms with Crippen LogP contribution in [0.2, 0.25) is 0 Å². The van der Waals surface area contributed by atoms with Gasteiger partial charge < -0.3 is 15.1 Å². The van der Waals surface area contributed by atoms with Gasteiger partial charge >= 0.3 is 0 Å². The van der Waals surface area contributed by atoms with Gasteiger partial charge in [0.25, 0.3) is 5.69 Å². The second-order valence-electron chi connectivity index (χ2n) is 7.84. The molecule has 0 saturated heterocycles. The minimum absolute atomic E-state index is 0.0480. The molecule has 6 heteroatoms. The van der Waals surface area contributed by atoms with Crippen LogP contribution in [0.15, 0.2) is 72.8 Å². The van der Waals surface area contributed by atoms with Crippen LogP contribution in [0.4, 0.5) is 11.4 Å². The molecule has 0 unspecified atom stereocenters. The van der Waals surface area contributed by atoms with Crippen LogP contribution in [0.3, 0.4) is 0 Å². The summed E-state index contributed by atoms with van der Waals surface area (Å²) >= 11 is 0. The quantitative estimate of drug-likeness (QED) is 0.508. The zero-order chi connectivity index (χ0) is 20.8. The Balaban J connectivity index is 1.90. The number of nitrogens with zero attached hydrogens (tertiary/aromatic N) is 2. The highest BCUT2D eigenvalue weighted by Gasteiger charge is 2.57. The standard InChI is InChI=1S/C23H22N2O4/c1-22(2)19-10-6-7-11-20(19)24(23(22,27)17-8-4-3-5-9-17)15-16-14-18(25(28)29)12-13-21(16)26/h3-14,26-27H,15H2,1-2H3/t23-/m0/s1. The van der Waals surface area contributed by atoms with Gasteiger partial charge in [-0.15, -0.1) is 0 Å². The summed E-state index contributed by atoms with van der Waals surface area (Å²) in [5, 5.41) is 33.7. The van der Waals surface area contributed by atoms with Crippen molar-refractivity contribution in [1.29, 1.82) is 0 Å².